The molecular formula is C3H10N4S. The van der Waals surface area contributed by atoms with Crippen LogP contribution in [-0.2, 0) is 0 Å². The molecule has 0 spiro atoms. The van der Waals surface area contributed by atoms with E-state index in [1.807, 2.05) is 18.3 Å². The number of thioether (sulfide) groups is 1. The maximum absolute atomic E-state index is 2.98. The topological polar surface area (TPSA) is 39.3 Å². The second-order valence-corrected chi connectivity index (χ2v) is 2.50. The molecular weight excluding hydrogens is 124 g/mol. The fourth-order valence-electron chi connectivity index (χ4n) is 0.555. The SMILES string of the molecule is CSC1NNNN1C. The van der Waals surface area contributed by atoms with Crippen molar-refractivity contribution in [3.63, 3.8) is 0 Å². The Morgan fingerprint density at radius 2 is 2.38 bits per heavy atom. The first-order chi connectivity index (χ1) is 3.84. The monoisotopic (exact) mass is 134 g/mol. The van der Waals surface area contributed by atoms with Crippen LogP contribution in [0, 0.1) is 0 Å². The Morgan fingerprint density at radius 1 is 1.62 bits per heavy atom. The summed E-state index contributed by atoms with van der Waals surface area (Å²) in [5, 5.41) is 1.95. The summed E-state index contributed by atoms with van der Waals surface area (Å²) in [4.78, 5) is 0. The molecule has 1 aliphatic heterocycles. The quantitative estimate of drug-likeness (QED) is 0.433. The first-order valence-corrected chi connectivity index (χ1v) is 3.65. The lowest BCUT2D eigenvalue weighted by Crippen LogP contribution is -2.34. The molecule has 1 fully saturated rings. The van der Waals surface area contributed by atoms with Gasteiger partial charge in [-0.05, 0) is 6.26 Å². The number of nitrogens with zero attached hydrogens (tertiary/aromatic N) is 1. The van der Waals surface area contributed by atoms with Gasteiger partial charge in [-0.1, -0.05) is 0 Å². The van der Waals surface area contributed by atoms with Gasteiger partial charge in [0, 0.05) is 7.05 Å². The maximum atomic E-state index is 2.98. The summed E-state index contributed by atoms with van der Waals surface area (Å²) in [5.41, 5.74) is 8.98. The van der Waals surface area contributed by atoms with E-state index in [2.05, 4.69) is 16.5 Å². The first-order valence-electron chi connectivity index (χ1n) is 2.36. The zero-order valence-corrected chi connectivity index (χ0v) is 5.75. The summed E-state index contributed by atoms with van der Waals surface area (Å²) in [6.45, 7) is 0. The molecule has 1 heterocycles. The molecule has 1 aliphatic rings. The standard InChI is InChI=1S/C3H10N4S/c1-7-3(8-2)4-5-6-7/h3-6H,1-2H3. The molecule has 1 unspecified atom stereocenters. The van der Waals surface area contributed by atoms with Crippen molar-refractivity contribution in [2.75, 3.05) is 13.3 Å². The third-order valence-corrected chi connectivity index (χ3v) is 1.88. The van der Waals surface area contributed by atoms with Gasteiger partial charge in [0.25, 0.3) is 0 Å². The molecule has 8 heavy (non-hydrogen) atoms. The Hall–Kier alpha value is 0.190. The third-order valence-electron chi connectivity index (χ3n) is 1.00. The van der Waals surface area contributed by atoms with Crippen LogP contribution in [-0.4, -0.2) is 23.8 Å². The van der Waals surface area contributed by atoms with Gasteiger partial charge >= 0.3 is 0 Å². The van der Waals surface area contributed by atoms with E-state index >= 15 is 0 Å². The first kappa shape index (κ1) is 6.31. The van der Waals surface area contributed by atoms with Gasteiger partial charge in [0.1, 0.15) is 5.50 Å². The van der Waals surface area contributed by atoms with E-state index in [-0.39, 0.29) is 0 Å². The van der Waals surface area contributed by atoms with Crippen molar-refractivity contribution in [3.8, 4) is 0 Å². The molecule has 1 rings (SSSR count). The number of hydrazine groups is 3. The van der Waals surface area contributed by atoms with Crippen LogP contribution in [0.4, 0.5) is 0 Å². The molecule has 5 heteroatoms. The predicted molar refractivity (Wildman–Crippen MR) is 34.5 cm³/mol. The minimum atomic E-state index is 0.343. The Bertz CT molecular complexity index is 77.7. The van der Waals surface area contributed by atoms with Crippen LogP contribution < -0.4 is 16.5 Å². The summed E-state index contributed by atoms with van der Waals surface area (Å²) >= 11 is 1.73. The van der Waals surface area contributed by atoms with Gasteiger partial charge in [-0.15, -0.1) is 11.8 Å². The fourth-order valence-corrected chi connectivity index (χ4v) is 1.10. The fraction of sp³-hybridized carbons (Fsp3) is 1.00. The molecule has 48 valence electrons. The lowest BCUT2D eigenvalue weighted by atomic mass is 11.0. The van der Waals surface area contributed by atoms with E-state index in [1.165, 1.54) is 0 Å². The lowest BCUT2D eigenvalue weighted by Gasteiger charge is -2.12. The van der Waals surface area contributed by atoms with Crippen molar-refractivity contribution in [3.05, 3.63) is 0 Å². The van der Waals surface area contributed by atoms with Gasteiger partial charge in [-0.2, -0.15) is 11.1 Å². The highest BCUT2D eigenvalue weighted by atomic mass is 32.2. The lowest BCUT2D eigenvalue weighted by molar-refractivity contribution is 0.273. The molecule has 1 atom stereocenters. The average molecular weight is 134 g/mol. The van der Waals surface area contributed by atoms with E-state index in [9.17, 15) is 0 Å². The largest absolute Gasteiger partial charge is 0.215 e. The molecule has 0 aromatic heterocycles. The summed E-state index contributed by atoms with van der Waals surface area (Å²) in [6, 6.07) is 0. The molecule has 3 N–H and O–H groups in total. The van der Waals surface area contributed by atoms with Crippen LogP contribution in [0.3, 0.4) is 0 Å². The number of nitrogens with one attached hydrogen (secondary N) is 3. The zero-order chi connectivity index (χ0) is 5.98. The highest BCUT2D eigenvalue weighted by Gasteiger charge is 2.16. The molecule has 0 bridgehead atoms. The van der Waals surface area contributed by atoms with Gasteiger partial charge in [0.05, 0.1) is 0 Å². The molecule has 4 nitrogen and oxygen atoms in total. The van der Waals surface area contributed by atoms with E-state index < -0.39 is 0 Å². The zero-order valence-electron chi connectivity index (χ0n) is 4.93. The normalized spacial score (nSPS) is 31.5. The van der Waals surface area contributed by atoms with Crippen molar-refractivity contribution in [1.29, 1.82) is 0 Å². The number of hydrogen-bond acceptors (Lipinski definition) is 5. The van der Waals surface area contributed by atoms with Crippen LogP contribution in [0.2, 0.25) is 0 Å². The Labute approximate surface area is 52.9 Å². The van der Waals surface area contributed by atoms with Crippen molar-refractivity contribution < 1.29 is 0 Å². The van der Waals surface area contributed by atoms with Gasteiger partial charge in [-0.25, -0.2) is 10.4 Å². The molecule has 0 aromatic rings. The summed E-state index contributed by atoms with van der Waals surface area (Å²) in [6.07, 6.45) is 2.04. The summed E-state index contributed by atoms with van der Waals surface area (Å²) in [5.74, 6) is 0. The van der Waals surface area contributed by atoms with Crippen LogP contribution >= 0.6 is 11.8 Å². The van der Waals surface area contributed by atoms with Crippen molar-refractivity contribution in [1.82, 2.24) is 21.5 Å². The summed E-state index contributed by atoms with van der Waals surface area (Å²) in [7, 11) is 1.97. The van der Waals surface area contributed by atoms with Gasteiger partial charge in [0.15, 0.2) is 0 Å². The predicted octanol–water partition coefficient (Wildman–Crippen LogP) is -0.908. The Kier molecular flexibility index (Phi) is 2.09. The second-order valence-electron chi connectivity index (χ2n) is 1.58. The maximum Gasteiger partial charge on any atom is 0.135 e. The van der Waals surface area contributed by atoms with Crippen molar-refractivity contribution in [2.45, 2.75) is 5.50 Å². The van der Waals surface area contributed by atoms with Gasteiger partial charge in [-0.3, -0.25) is 0 Å². The number of rotatable bonds is 1. The van der Waals surface area contributed by atoms with E-state index in [0.29, 0.717) is 5.50 Å². The summed E-state index contributed by atoms with van der Waals surface area (Å²) < 4.78 is 0. The Morgan fingerprint density at radius 3 is 2.62 bits per heavy atom. The second kappa shape index (κ2) is 2.65. The third kappa shape index (κ3) is 1.12. The van der Waals surface area contributed by atoms with Crippen LogP contribution in [0.25, 0.3) is 0 Å². The van der Waals surface area contributed by atoms with Crippen molar-refractivity contribution >= 4 is 11.8 Å². The van der Waals surface area contributed by atoms with Crippen LogP contribution in [0.15, 0.2) is 0 Å². The highest BCUT2D eigenvalue weighted by Crippen LogP contribution is 2.05. The van der Waals surface area contributed by atoms with Crippen LogP contribution in [0.1, 0.15) is 0 Å². The molecule has 0 radical (unpaired) electrons. The van der Waals surface area contributed by atoms with E-state index in [0.717, 1.165) is 0 Å². The smallest absolute Gasteiger partial charge is 0.135 e. The number of hydrogen-bond donors (Lipinski definition) is 3. The molecule has 0 amide bonds. The highest BCUT2D eigenvalue weighted by molar-refractivity contribution is 7.99. The molecule has 0 aliphatic carbocycles. The van der Waals surface area contributed by atoms with Crippen molar-refractivity contribution in [2.24, 2.45) is 0 Å². The molecule has 1 saturated heterocycles. The van der Waals surface area contributed by atoms with Crippen LogP contribution in [0.5, 0.6) is 0 Å². The molecule has 0 saturated carbocycles. The van der Waals surface area contributed by atoms with E-state index in [4.69, 9.17) is 0 Å². The average Bonchev–Trinajstić information content (AvgIpc) is 2.14. The van der Waals surface area contributed by atoms with Gasteiger partial charge < -0.3 is 0 Å². The molecule has 0 aromatic carbocycles. The minimum Gasteiger partial charge on any atom is -0.215 e. The van der Waals surface area contributed by atoms with E-state index in [1.54, 1.807) is 11.8 Å². The minimum absolute atomic E-state index is 0.343. The van der Waals surface area contributed by atoms with Gasteiger partial charge in [0.2, 0.25) is 0 Å². The Balaban J connectivity index is 2.30.